The van der Waals surface area contributed by atoms with E-state index in [1.807, 2.05) is 20.8 Å². The molecule has 1 saturated heterocycles. The van der Waals surface area contributed by atoms with Gasteiger partial charge in [0.2, 0.25) is 5.82 Å². The van der Waals surface area contributed by atoms with E-state index in [0.717, 1.165) is 47.7 Å². The number of nitrogens with one attached hydrogen (secondary N) is 1. The lowest BCUT2D eigenvalue weighted by molar-refractivity contribution is 0.0990. The van der Waals surface area contributed by atoms with Crippen LogP contribution in [0.4, 0.5) is 10.2 Å². The zero-order chi connectivity index (χ0) is 18.8. The lowest BCUT2D eigenvalue weighted by Crippen LogP contribution is -2.33. The van der Waals surface area contributed by atoms with Crippen LogP contribution in [0.1, 0.15) is 39.4 Å². The molecule has 1 aromatic heterocycles. The van der Waals surface area contributed by atoms with Crippen LogP contribution in [0.5, 0.6) is 0 Å². The first-order chi connectivity index (χ1) is 12.3. The van der Waals surface area contributed by atoms with Crippen LogP contribution in [0.25, 0.3) is 0 Å². The van der Waals surface area contributed by atoms with Crippen LogP contribution < -0.4 is 16.0 Å². The van der Waals surface area contributed by atoms with E-state index in [-0.39, 0.29) is 17.7 Å². The Balaban J connectivity index is 1.69. The van der Waals surface area contributed by atoms with E-state index in [1.165, 1.54) is 6.07 Å². The molecule has 1 aliphatic rings. The normalized spacial score (nSPS) is 16.9. The minimum Gasteiger partial charge on any atom is -0.363 e. The van der Waals surface area contributed by atoms with Crippen molar-refractivity contribution in [3.8, 4) is 0 Å². The van der Waals surface area contributed by atoms with Gasteiger partial charge in [-0.1, -0.05) is 6.07 Å². The van der Waals surface area contributed by atoms with E-state index in [1.54, 1.807) is 12.1 Å². The minimum absolute atomic E-state index is 0.0508. The summed E-state index contributed by atoms with van der Waals surface area (Å²) >= 11 is 0. The first-order valence-corrected chi connectivity index (χ1v) is 8.73. The van der Waals surface area contributed by atoms with Gasteiger partial charge in [-0.05, 0) is 50.5 Å². The van der Waals surface area contributed by atoms with Gasteiger partial charge in [-0.15, -0.1) is 0 Å². The van der Waals surface area contributed by atoms with E-state index in [2.05, 4.69) is 20.2 Å². The van der Waals surface area contributed by atoms with Crippen molar-refractivity contribution in [3.63, 3.8) is 0 Å². The number of hydrogen-bond donors (Lipinski definition) is 2. The fourth-order valence-corrected chi connectivity index (χ4v) is 3.24. The number of nitrogens with two attached hydrogens (primary N) is 1. The average molecular weight is 357 g/mol. The molecule has 0 aliphatic carbocycles. The lowest BCUT2D eigenvalue weighted by Gasteiger charge is -2.21. The number of carbonyl (C=O) groups is 1. The molecular formula is C19H24FN5O. The summed E-state index contributed by atoms with van der Waals surface area (Å²) in [4.78, 5) is 22.1. The van der Waals surface area contributed by atoms with Gasteiger partial charge in [-0.2, -0.15) is 0 Å². The quantitative estimate of drug-likeness (QED) is 0.855. The van der Waals surface area contributed by atoms with Crippen LogP contribution in [-0.4, -0.2) is 35.0 Å². The van der Waals surface area contributed by atoms with Crippen molar-refractivity contribution in [2.24, 2.45) is 5.73 Å². The molecule has 0 radical (unpaired) electrons. The average Bonchev–Trinajstić information content (AvgIpc) is 3.06. The number of anilines is 1. The Labute approximate surface area is 152 Å². The largest absolute Gasteiger partial charge is 0.363 e. The molecule has 1 aromatic carbocycles. The van der Waals surface area contributed by atoms with Gasteiger partial charge < -0.3 is 16.0 Å². The number of carbonyl (C=O) groups excluding carboxylic acids is 1. The molecule has 1 fully saturated rings. The van der Waals surface area contributed by atoms with Crippen LogP contribution in [0.3, 0.4) is 0 Å². The van der Waals surface area contributed by atoms with E-state index in [4.69, 9.17) is 5.73 Å². The van der Waals surface area contributed by atoms with Gasteiger partial charge in [-0.3, -0.25) is 4.79 Å². The van der Waals surface area contributed by atoms with Crippen molar-refractivity contribution < 1.29 is 9.18 Å². The summed E-state index contributed by atoms with van der Waals surface area (Å²) in [5.74, 6) is -0.0243. The number of aryl methyl sites for hydroxylation is 2. The molecule has 3 rings (SSSR count). The molecule has 3 N–H and O–H groups in total. The number of amides is 1. The molecule has 138 valence electrons. The number of halogens is 1. The maximum atomic E-state index is 13.4. The summed E-state index contributed by atoms with van der Waals surface area (Å²) < 4.78 is 13.4. The Morgan fingerprint density at radius 1 is 1.35 bits per heavy atom. The third kappa shape index (κ3) is 3.83. The van der Waals surface area contributed by atoms with E-state index >= 15 is 0 Å². The molecule has 6 nitrogen and oxygen atoms in total. The summed E-state index contributed by atoms with van der Waals surface area (Å²) in [6.07, 6.45) is 0.947. The molecule has 1 atom stereocenters. The van der Waals surface area contributed by atoms with Crippen LogP contribution in [0.2, 0.25) is 0 Å². The smallest absolute Gasteiger partial charge is 0.286 e. The van der Waals surface area contributed by atoms with Crippen LogP contribution in [-0.2, 0) is 6.54 Å². The fourth-order valence-electron chi connectivity index (χ4n) is 3.24. The summed E-state index contributed by atoms with van der Waals surface area (Å²) in [6, 6.07) is 5.12. The highest BCUT2D eigenvalue weighted by molar-refractivity contribution is 5.89. The molecule has 0 spiro atoms. The Hall–Kier alpha value is -2.54. The van der Waals surface area contributed by atoms with Gasteiger partial charge >= 0.3 is 0 Å². The summed E-state index contributed by atoms with van der Waals surface area (Å²) in [5.41, 5.74) is 9.09. The first kappa shape index (κ1) is 18.3. The Bertz CT molecular complexity index is 839. The molecule has 1 amide bonds. The van der Waals surface area contributed by atoms with Crippen molar-refractivity contribution in [1.82, 2.24) is 15.3 Å². The maximum absolute atomic E-state index is 13.4. The second kappa shape index (κ2) is 7.37. The first-order valence-electron chi connectivity index (χ1n) is 8.73. The minimum atomic E-state index is -0.621. The Morgan fingerprint density at radius 3 is 2.85 bits per heavy atom. The van der Waals surface area contributed by atoms with E-state index < -0.39 is 5.91 Å². The summed E-state index contributed by atoms with van der Waals surface area (Å²) in [5, 5.41) is 3.49. The Morgan fingerprint density at radius 2 is 2.12 bits per heavy atom. The monoisotopic (exact) mass is 357 g/mol. The highest BCUT2D eigenvalue weighted by Gasteiger charge is 2.26. The maximum Gasteiger partial charge on any atom is 0.286 e. The van der Waals surface area contributed by atoms with Crippen molar-refractivity contribution in [2.45, 2.75) is 39.8 Å². The third-order valence-corrected chi connectivity index (χ3v) is 4.96. The topological polar surface area (TPSA) is 84.1 Å². The highest BCUT2D eigenvalue weighted by atomic mass is 19.1. The number of aromatic nitrogens is 2. The molecule has 7 heteroatoms. The number of nitrogens with zero attached hydrogens (tertiary/aromatic N) is 3. The number of primary amides is 1. The second-order valence-electron chi connectivity index (χ2n) is 6.83. The lowest BCUT2D eigenvalue weighted by atomic mass is 10.1. The summed E-state index contributed by atoms with van der Waals surface area (Å²) in [7, 11) is 0. The standard InChI is InChI=1S/C19H24FN5O/c1-11-4-5-15(20)8-14(11)9-22-16-6-7-25(10-16)19-12(2)13(3)23-18(24-19)17(21)26/h4-5,8,16,22H,6-7,9-10H2,1-3H3,(H2,21,26)/t16-/m1/s1. The molecule has 1 aliphatic heterocycles. The van der Waals surface area contributed by atoms with Gasteiger partial charge in [0.1, 0.15) is 11.6 Å². The van der Waals surface area contributed by atoms with Crippen LogP contribution in [0, 0.1) is 26.6 Å². The van der Waals surface area contributed by atoms with Crippen LogP contribution >= 0.6 is 0 Å². The predicted molar refractivity (Wildman–Crippen MR) is 98.6 cm³/mol. The van der Waals surface area contributed by atoms with E-state index in [9.17, 15) is 9.18 Å². The molecule has 0 unspecified atom stereocenters. The molecule has 0 saturated carbocycles. The molecule has 0 bridgehead atoms. The molecular weight excluding hydrogens is 333 g/mol. The fraction of sp³-hybridized carbons (Fsp3) is 0.421. The highest BCUT2D eigenvalue weighted by Crippen LogP contribution is 2.24. The second-order valence-corrected chi connectivity index (χ2v) is 6.83. The van der Waals surface area contributed by atoms with Gasteiger partial charge in [0.05, 0.1) is 0 Å². The van der Waals surface area contributed by atoms with Crippen molar-refractivity contribution in [2.75, 3.05) is 18.0 Å². The van der Waals surface area contributed by atoms with Crippen molar-refractivity contribution in [1.29, 1.82) is 0 Å². The van der Waals surface area contributed by atoms with Crippen molar-refractivity contribution in [3.05, 3.63) is 52.2 Å². The zero-order valence-corrected chi connectivity index (χ0v) is 15.3. The van der Waals surface area contributed by atoms with Crippen molar-refractivity contribution >= 4 is 11.7 Å². The van der Waals surface area contributed by atoms with Gasteiger partial charge in [0, 0.05) is 36.9 Å². The summed E-state index contributed by atoms with van der Waals surface area (Å²) in [6.45, 7) is 8.00. The SMILES string of the molecule is Cc1ccc(F)cc1CN[C@@H]1CCN(c2nc(C(N)=O)nc(C)c2C)C1. The molecule has 2 heterocycles. The molecule has 26 heavy (non-hydrogen) atoms. The zero-order valence-electron chi connectivity index (χ0n) is 15.3. The number of hydrogen-bond acceptors (Lipinski definition) is 5. The van der Waals surface area contributed by atoms with Gasteiger partial charge in [-0.25, -0.2) is 14.4 Å². The van der Waals surface area contributed by atoms with Crippen LogP contribution in [0.15, 0.2) is 18.2 Å². The van der Waals surface area contributed by atoms with E-state index in [0.29, 0.717) is 6.54 Å². The number of rotatable bonds is 5. The van der Waals surface area contributed by atoms with Gasteiger partial charge in [0.15, 0.2) is 0 Å². The Kier molecular flexibility index (Phi) is 5.18. The number of benzene rings is 1. The van der Waals surface area contributed by atoms with Gasteiger partial charge in [0.25, 0.3) is 5.91 Å². The predicted octanol–water partition coefficient (Wildman–Crippen LogP) is 2.01. The molecule has 2 aromatic rings. The third-order valence-electron chi connectivity index (χ3n) is 4.96.